The van der Waals surface area contributed by atoms with Crippen molar-refractivity contribution in [3.8, 4) is 5.69 Å². The van der Waals surface area contributed by atoms with Crippen molar-refractivity contribution < 1.29 is 9.84 Å². The lowest BCUT2D eigenvalue weighted by molar-refractivity contribution is 0.0975. The molecule has 6 rings (SSSR count). The molecule has 8 heteroatoms. The van der Waals surface area contributed by atoms with Crippen LogP contribution in [-0.2, 0) is 17.8 Å². The molecule has 2 fully saturated rings. The van der Waals surface area contributed by atoms with E-state index in [1.165, 1.54) is 11.3 Å². The molecule has 0 bridgehead atoms. The number of hydrogen-bond donors (Lipinski definition) is 1. The molecule has 3 aromatic rings. The first-order valence-electron chi connectivity index (χ1n) is 11.6. The Hall–Kier alpha value is -2.71. The minimum Gasteiger partial charge on any atom is -0.390 e. The summed E-state index contributed by atoms with van der Waals surface area (Å²) in [5.41, 5.74) is 5.96. The van der Waals surface area contributed by atoms with Gasteiger partial charge in [0.2, 0.25) is 0 Å². The van der Waals surface area contributed by atoms with E-state index in [0.29, 0.717) is 22.9 Å². The Bertz CT molecular complexity index is 1170. The van der Waals surface area contributed by atoms with Crippen molar-refractivity contribution in [2.24, 2.45) is 5.41 Å². The van der Waals surface area contributed by atoms with E-state index in [-0.39, 0.29) is 6.61 Å². The van der Waals surface area contributed by atoms with E-state index in [0.717, 1.165) is 68.9 Å². The second-order valence-corrected chi connectivity index (χ2v) is 9.68. The maximum atomic E-state index is 10.2. The Balaban J connectivity index is 1.34. The first-order chi connectivity index (χ1) is 15.6. The summed E-state index contributed by atoms with van der Waals surface area (Å²) in [6.07, 6.45) is 6.45. The van der Waals surface area contributed by atoms with E-state index in [1.807, 2.05) is 4.68 Å². The van der Waals surface area contributed by atoms with Crippen LogP contribution in [0.5, 0.6) is 0 Å². The van der Waals surface area contributed by atoms with E-state index in [9.17, 15) is 5.11 Å². The Morgan fingerprint density at radius 1 is 1.16 bits per heavy atom. The smallest absolute Gasteiger partial charge is 0.182 e. The van der Waals surface area contributed by atoms with E-state index in [2.05, 4.69) is 47.1 Å². The van der Waals surface area contributed by atoms with Crippen LogP contribution in [0.3, 0.4) is 0 Å². The van der Waals surface area contributed by atoms with Gasteiger partial charge in [0.15, 0.2) is 11.5 Å². The summed E-state index contributed by atoms with van der Waals surface area (Å²) in [7, 11) is 2.12. The summed E-state index contributed by atoms with van der Waals surface area (Å²) in [6, 6.07) is 6.31. The molecule has 32 heavy (non-hydrogen) atoms. The zero-order valence-corrected chi connectivity index (χ0v) is 18.8. The van der Waals surface area contributed by atoms with Gasteiger partial charge in [-0.2, -0.15) is 5.10 Å². The number of aromatic nitrogens is 4. The van der Waals surface area contributed by atoms with Crippen LogP contribution in [0.1, 0.15) is 37.4 Å². The molecule has 3 aliphatic rings. The zero-order valence-electron chi connectivity index (χ0n) is 18.8. The van der Waals surface area contributed by atoms with Gasteiger partial charge < -0.3 is 19.6 Å². The van der Waals surface area contributed by atoms with Gasteiger partial charge in [-0.1, -0.05) is 6.07 Å². The largest absolute Gasteiger partial charge is 0.390 e. The van der Waals surface area contributed by atoms with Gasteiger partial charge in [0, 0.05) is 37.9 Å². The Morgan fingerprint density at radius 2 is 1.97 bits per heavy atom. The number of benzene rings is 1. The number of aliphatic hydroxyl groups is 1. The topological polar surface area (TPSA) is 79.5 Å². The monoisotopic (exact) mass is 434 g/mol. The van der Waals surface area contributed by atoms with Crippen molar-refractivity contribution in [1.82, 2.24) is 19.7 Å². The number of likely N-dealkylation sites (N-methyl/N-ethyl adjacent to an activating group) is 1. The highest BCUT2D eigenvalue weighted by Gasteiger charge is 2.41. The molecule has 0 radical (unpaired) electrons. The Morgan fingerprint density at radius 3 is 2.72 bits per heavy atom. The molecule has 2 aromatic heterocycles. The van der Waals surface area contributed by atoms with Crippen LogP contribution in [0.15, 0.2) is 24.4 Å². The third-order valence-electron chi connectivity index (χ3n) is 7.58. The number of rotatable bonds is 3. The fourth-order valence-electron chi connectivity index (χ4n) is 5.77. The first-order valence-corrected chi connectivity index (χ1v) is 11.6. The molecule has 0 unspecified atom stereocenters. The summed E-state index contributed by atoms with van der Waals surface area (Å²) >= 11 is 0. The van der Waals surface area contributed by atoms with Crippen LogP contribution in [0.25, 0.3) is 16.9 Å². The molecule has 1 N–H and O–H groups in total. The zero-order chi connectivity index (χ0) is 21.9. The van der Waals surface area contributed by atoms with E-state index >= 15 is 0 Å². The SMILES string of the molecule is C[C@H]1CC2(CCN(c3nc4cnn(-c5cccc6c5CCN6C)c4nc3CO)CC2)CO1. The normalized spacial score (nSPS) is 22.3. The van der Waals surface area contributed by atoms with Crippen molar-refractivity contribution in [1.29, 1.82) is 0 Å². The second-order valence-electron chi connectivity index (χ2n) is 9.68. The lowest BCUT2D eigenvalue weighted by atomic mass is 9.77. The van der Waals surface area contributed by atoms with Gasteiger partial charge >= 0.3 is 0 Å². The number of aliphatic hydroxyl groups excluding tert-OH is 1. The van der Waals surface area contributed by atoms with Crippen LogP contribution in [0.4, 0.5) is 11.5 Å². The van der Waals surface area contributed by atoms with Crippen molar-refractivity contribution in [3.05, 3.63) is 35.7 Å². The third kappa shape index (κ3) is 3.08. The summed E-state index contributed by atoms with van der Waals surface area (Å²) in [5.74, 6) is 0.791. The van der Waals surface area contributed by atoms with Crippen molar-refractivity contribution in [2.75, 3.05) is 43.1 Å². The van der Waals surface area contributed by atoms with Gasteiger partial charge in [0.1, 0.15) is 11.2 Å². The summed E-state index contributed by atoms with van der Waals surface area (Å²) < 4.78 is 7.75. The van der Waals surface area contributed by atoms with Gasteiger partial charge in [-0.3, -0.25) is 0 Å². The second kappa shape index (κ2) is 7.42. The molecule has 8 nitrogen and oxygen atoms in total. The Kier molecular flexibility index (Phi) is 4.62. The number of hydrogen-bond acceptors (Lipinski definition) is 7. The van der Waals surface area contributed by atoms with Crippen LogP contribution >= 0.6 is 0 Å². The Labute approximate surface area is 187 Å². The van der Waals surface area contributed by atoms with Crippen LogP contribution in [0.2, 0.25) is 0 Å². The molecule has 0 saturated carbocycles. The average molecular weight is 435 g/mol. The molecule has 3 aliphatic heterocycles. The van der Waals surface area contributed by atoms with Crippen molar-refractivity contribution >= 4 is 22.7 Å². The standard InChI is InChI=1S/C24H30N6O2/c1-16-12-24(15-32-16)7-10-29(11-8-24)22-19(14-31)27-23-18(26-22)13-25-30(23)21-5-3-4-20-17(21)6-9-28(20)2/h3-5,13,16,31H,6-12,14-15H2,1-2H3/t16-/m0/s1. The van der Waals surface area contributed by atoms with Gasteiger partial charge in [-0.05, 0) is 50.2 Å². The van der Waals surface area contributed by atoms with Crippen LogP contribution < -0.4 is 9.80 Å². The summed E-state index contributed by atoms with van der Waals surface area (Å²) in [5, 5.41) is 14.8. The minimum atomic E-state index is -0.138. The van der Waals surface area contributed by atoms with E-state index in [4.69, 9.17) is 14.7 Å². The predicted octanol–water partition coefficient (Wildman–Crippen LogP) is 2.70. The quantitative estimate of drug-likeness (QED) is 0.679. The molecular weight excluding hydrogens is 404 g/mol. The number of anilines is 2. The minimum absolute atomic E-state index is 0.138. The molecule has 5 heterocycles. The maximum Gasteiger partial charge on any atom is 0.182 e. The number of fused-ring (bicyclic) bond motifs is 2. The lowest BCUT2D eigenvalue weighted by Crippen LogP contribution is -2.41. The molecule has 1 aromatic carbocycles. The molecule has 1 spiro atoms. The van der Waals surface area contributed by atoms with Crippen LogP contribution in [-0.4, -0.2) is 64.2 Å². The van der Waals surface area contributed by atoms with Crippen molar-refractivity contribution in [2.45, 2.75) is 45.3 Å². The van der Waals surface area contributed by atoms with Crippen LogP contribution in [0, 0.1) is 5.41 Å². The fraction of sp³-hybridized carbons (Fsp3) is 0.542. The predicted molar refractivity (Wildman–Crippen MR) is 123 cm³/mol. The molecule has 0 amide bonds. The summed E-state index contributed by atoms with van der Waals surface area (Å²) in [4.78, 5) is 14.3. The average Bonchev–Trinajstić information content (AvgIpc) is 3.50. The fourth-order valence-corrected chi connectivity index (χ4v) is 5.77. The van der Waals surface area contributed by atoms with Gasteiger partial charge in [-0.15, -0.1) is 0 Å². The number of ether oxygens (including phenoxy) is 1. The number of piperidine rings is 1. The van der Waals surface area contributed by atoms with Crippen molar-refractivity contribution in [3.63, 3.8) is 0 Å². The third-order valence-corrected chi connectivity index (χ3v) is 7.58. The first kappa shape index (κ1) is 19.9. The highest BCUT2D eigenvalue weighted by molar-refractivity contribution is 5.76. The lowest BCUT2D eigenvalue weighted by Gasteiger charge is -2.39. The molecule has 168 valence electrons. The van der Waals surface area contributed by atoms with Gasteiger partial charge in [0.05, 0.1) is 31.2 Å². The van der Waals surface area contributed by atoms with Gasteiger partial charge in [-0.25, -0.2) is 14.6 Å². The molecular formula is C24H30N6O2. The van der Waals surface area contributed by atoms with E-state index in [1.54, 1.807) is 6.20 Å². The molecule has 0 aliphatic carbocycles. The summed E-state index contributed by atoms with van der Waals surface area (Å²) in [6.45, 7) is 5.72. The van der Waals surface area contributed by atoms with E-state index < -0.39 is 0 Å². The maximum absolute atomic E-state index is 10.2. The highest BCUT2D eigenvalue weighted by Crippen LogP contribution is 2.43. The molecule has 2 saturated heterocycles. The van der Waals surface area contributed by atoms with Gasteiger partial charge in [0.25, 0.3) is 0 Å². The molecule has 1 atom stereocenters. The number of nitrogens with zero attached hydrogens (tertiary/aromatic N) is 6. The highest BCUT2D eigenvalue weighted by atomic mass is 16.5.